The van der Waals surface area contributed by atoms with Crippen LogP contribution < -0.4 is 4.90 Å². The molecular weight excluding hydrogens is 320 g/mol. The zero-order chi connectivity index (χ0) is 17.4. The summed E-state index contributed by atoms with van der Waals surface area (Å²) < 4.78 is 7.57. The molecule has 0 aliphatic carbocycles. The van der Waals surface area contributed by atoms with E-state index in [1.807, 2.05) is 48.2 Å². The summed E-state index contributed by atoms with van der Waals surface area (Å²) in [5.74, 6) is 0.392. The molecular formula is C18H18N4O3. The number of imidazole rings is 1. The normalized spacial score (nSPS) is 20.8. The maximum Gasteiger partial charge on any atom is 0.372 e. The van der Waals surface area contributed by atoms with E-state index in [4.69, 9.17) is 4.74 Å². The zero-order valence-electron chi connectivity index (χ0n) is 13.8. The number of rotatable bonds is 3. The van der Waals surface area contributed by atoms with Gasteiger partial charge in [0.1, 0.15) is 6.10 Å². The average molecular weight is 338 g/mol. The highest BCUT2D eigenvalue weighted by atomic mass is 16.6. The Bertz CT molecular complexity index is 909. The van der Waals surface area contributed by atoms with Crippen LogP contribution in [0.25, 0.3) is 5.65 Å². The fourth-order valence-electron chi connectivity index (χ4n) is 3.33. The Morgan fingerprint density at radius 2 is 1.92 bits per heavy atom. The van der Waals surface area contributed by atoms with Gasteiger partial charge in [0.2, 0.25) is 11.5 Å². The number of benzene rings is 1. The fraction of sp³-hybridized carbons (Fsp3) is 0.278. The van der Waals surface area contributed by atoms with Gasteiger partial charge in [-0.25, -0.2) is 0 Å². The summed E-state index contributed by atoms with van der Waals surface area (Å²) >= 11 is 0. The molecule has 4 rings (SSSR count). The van der Waals surface area contributed by atoms with E-state index in [-0.39, 0.29) is 22.9 Å². The quantitative estimate of drug-likeness (QED) is 0.541. The highest BCUT2D eigenvalue weighted by molar-refractivity contribution is 5.64. The Hall–Kier alpha value is -2.93. The minimum Gasteiger partial charge on any atom is -0.367 e. The van der Waals surface area contributed by atoms with Gasteiger partial charge in [-0.3, -0.25) is 0 Å². The number of nitro groups is 1. The molecule has 1 fully saturated rings. The van der Waals surface area contributed by atoms with E-state index in [1.54, 1.807) is 18.3 Å². The van der Waals surface area contributed by atoms with Crippen molar-refractivity contribution < 1.29 is 9.66 Å². The van der Waals surface area contributed by atoms with Crippen molar-refractivity contribution in [2.24, 2.45) is 0 Å². The molecule has 1 saturated heterocycles. The average Bonchev–Trinajstić information content (AvgIpc) is 3.02. The zero-order valence-corrected chi connectivity index (χ0v) is 13.8. The van der Waals surface area contributed by atoms with Gasteiger partial charge >= 0.3 is 5.82 Å². The molecule has 0 saturated carbocycles. The van der Waals surface area contributed by atoms with Gasteiger partial charge in [-0.05, 0) is 23.5 Å². The summed E-state index contributed by atoms with van der Waals surface area (Å²) in [4.78, 5) is 17.8. The van der Waals surface area contributed by atoms with Crippen LogP contribution in [-0.4, -0.2) is 33.5 Å². The van der Waals surface area contributed by atoms with Gasteiger partial charge in [-0.2, -0.15) is 9.38 Å². The van der Waals surface area contributed by atoms with Gasteiger partial charge < -0.3 is 19.8 Å². The third-order valence-electron chi connectivity index (χ3n) is 4.39. The molecule has 7 heteroatoms. The molecule has 0 amide bonds. The summed E-state index contributed by atoms with van der Waals surface area (Å²) in [5.41, 5.74) is 1.63. The first kappa shape index (κ1) is 15.6. The molecule has 7 nitrogen and oxygen atoms in total. The van der Waals surface area contributed by atoms with Crippen molar-refractivity contribution in [3.8, 4) is 0 Å². The number of hydrogen-bond acceptors (Lipinski definition) is 5. The third-order valence-corrected chi connectivity index (χ3v) is 4.39. The van der Waals surface area contributed by atoms with Crippen LogP contribution in [0.1, 0.15) is 18.6 Å². The molecule has 2 atom stereocenters. The molecule has 2 aromatic heterocycles. The SMILES string of the molecule is C[C@H]1CN(c2nc3ccccn3c2[N+](=O)[O-])C[C@H](c2ccccc2)O1. The van der Waals surface area contributed by atoms with Crippen molar-refractivity contribution in [2.45, 2.75) is 19.1 Å². The van der Waals surface area contributed by atoms with Crippen LogP contribution in [0.15, 0.2) is 54.7 Å². The second-order valence-corrected chi connectivity index (χ2v) is 6.20. The first-order valence-electron chi connectivity index (χ1n) is 8.20. The Kier molecular flexibility index (Phi) is 3.85. The van der Waals surface area contributed by atoms with Crippen LogP contribution in [0, 0.1) is 10.1 Å². The molecule has 25 heavy (non-hydrogen) atoms. The fourth-order valence-corrected chi connectivity index (χ4v) is 3.33. The predicted octanol–water partition coefficient (Wildman–Crippen LogP) is 3.21. The lowest BCUT2D eigenvalue weighted by Gasteiger charge is -2.36. The highest BCUT2D eigenvalue weighted by Crippen LogP contribution is 2.34. The monoisotopic (exact) mass is 338 g/mol. The topological polar surface area (TPSA) is 72.9 Å². The van der Waals surface area contributed by atoms with Crippen molar-refractivity contribution in [3.05, 3.63) is 70.4 Å². The molecule has 128 valence electrons. The Labute approximate surface area is 144 Å². The van der Waals surface area contributed by atoms with E-state index >= 15 is 0 Å². The minimum absolute atomic E-state index is 0.00323. The maximum absolute atomic E-state index is 11.7. The summed E-state index contributed by atoms with van der Waals surface area (Å²) in [6, 6.07) is 15.3. The Morgan fingerprint density at radius 3 is 2.68 bits per heavy atom. The van der Waals surface area contributed by atoms with Gasteiger partial charge in [0.15, 0.2) is 0 Å². The number of pyridine rings is 1. The van der Waals surface area contributed by atoms with Gasteiger partial charge in [-0.15, -0.1) is 0 Å². The number of fused-ring (bicyclic) bond motifs is 1. The van der Waals surface area contributed by atoms with Crippen molar-refractivity contribution in [1.82, 2.24) is 9.38 Å². The Balaban J connectivity index is 1.75. The summed E-state index contributed by atoms with van der Waals surface area (Å²) in [5, 5.41) is 11.7. The third kappa shape index (κ3) is 2.83. The van der Waals surface area contributed by atoms with Crippen molar-refractivity contribution >= 4 is 17.3 Å². The molecule has 0 radical (unpaired) electrons. The Morgan fingerprint density at radius 1 is 1.16 bits per heavy atom. The second-order valence-electron chi connectivity index (χ2n) is 6.20. The van der Waals surface area contributed by atoms with E-state index in [0.29, 0.717) is 24.6 Å². The molecule has 0 spiro atoms. The summed E-state index contributed by atoms with van der Waals surface area (Å²) in [6.45, 7) is 3.07. The number of morpholine rings is 1. The lowest BCUT2D eigenvalue weighted by atomic mass is 10.1. The van der Waals surface area contributed by atoms with Crippen LogP contribution in [0.4, 0.5) is 11.6 Å². The molecule has 0 N–H and O–H groups in total. The molecule has 0 bridgehead atoms. The van der Waals surface area contributed by atoms with Crippen LogP contribution in [0.3, 0.4) is 0 Å². The lowest BCUT2D eigenvalue weighted by Crippen LogP contribution is -2.43. The first-order chi connectivity index (χ1) is 12.1. The maximum atomic E-state index is 11.7. The number of hydrogen-bond donors (Lipinski definition) is 0. The molecule has 1 aliphatic heterocycles. The lowest BCUT2D eigenvalue weighted by molar-refractivity contribution is -0.389. The van der Waals surface area contributed by atoms with Crippen LogP contribution in [0.5, 0.6) is 0 Å². The number of aromatic nitrogens is 2. The number of anilines is 1. The summed E-state index contributed by atoms with van der Waals surface area (Å²) in [7, 11) is 0. The van der Waals surface area contributed by atoms with Crippen molar-refractivity contribution in [1.29, 1.82) is 0 Å². The molecule has 1 aromatic carbocycles. The highest BCUT2D eigenvalue weighted by Gasteiger charge is 2.33. The molecule has 3 aromatic rings. The van der Waals surface area contributed by atoms with Gasteiger partial charge in [-0.1, -0.05) is 36.4 Å². The van der Waals surface area contributed by atoms with E-state index in [1.165, 1.54) is 4.40 Å². The molecule has 3 heterocycles. The van der Waals surface area contributed by atoms with E-state index in [9.17, 15) is 10.1 Å². The minimum atomic E-state index is -0.368. The number of nitrogens with zero attached hydrogens (tertiary/aromatic N) is 4. The largest absolute Gasteiger partial charge is 0.372 e. The first-order valence-corrected chi connectivity index (χ1v) is 8.20. The van der Waals surface area contributed by atoms with E-state index < -0.39 is 0 Å². The van der Waals surface area contributed by atoms with E-state index in [2.05, 4.69) is 4.98 Å². The van der Waals surface area contributed by atoms with Crippen LogP contribution in [0.2, 0.25) is 0 Å². The predicted molar refractivity (Wildman–Crippen MR) is 93.8 cm³/mol. The standard InChI is InChI=1S/C18H18N4O3/c1-13-11-20(12-15(25-13)14-7-3-2-4-8-14)17-18(22(23)24)21-10-6-5-9-16(21)19-17/h2-10,13,15H,11-12H2,1H3/t13-,15+/m0/s1. The van der Waals surface area contributed by atoms with Gasteiger partial charge in [0.05, 0.1) is 18.8 Å². The smallest absolute Gasteiger partial charge is 0.367 e. The van der Waals surface area contributed by atoms with Crippen molar-refractivity contribution in [2.75, 3.05) is 18.0 Å². The molecule has 0 unspecified atom stereocenters. The van der Waals surface area contributed by atoms with Gasteiger partial charge in [0, 0.05) is 12.6 Å². The van der Waals surface area contributed by atoms with Crippen molar-refractivity contribution in [3.63, 3.8) is 0 Å². The summed E-state index contributed by atoms with van der Waals surface area (Å²) in [6.07, 6.45) is 1.47. The number of ether oxygens (including phenoxy) is 1. The van der Waals surface area contributed by atoms with Crippen LogP contribution in [-0.2, 0) is 4.74 Å². The second kappa shape index (κ2) is 6.18. The van der Waals surface area contributed by atoms with E-state index in [0.717, 1.165) is 5.56 Å². The van der Waals surface area contributed by atoms with Gasteiger partial charge in [0.25, 0.3) is 0 Å². The van der Waals surface area contributed by atoms with Crippen LogP contribution >= 0.6 is 0 Å². The molecule has 1 aliphatic rings.